The van der Waals surface area contributed by atoms with Gasteiger partial charge in [0.05, 0.1) is 5.69 Å². The van der Waals surface area contributed by atoms with Crippen molar-refractivity contribution < 1.29 is 4.79 Å². The lowest BCUT2D eigenvalue weighted by Gasteiger charge is -2.17. The second-order valence-electron chi connectivity index (χ2n) is 5.96. The zero-order chi connectivity index (χ0) is 18.5. The van der Waals surface area contributed by atoms with Crippen molar-refractivity contribution in [1.82, 2.24) is 14.9 Å². The zero-order valence-corrected chi connectivity index (χ0v) is 15.6. The molecule has 7 nitrogen and oxygen atoms in total. The Hall–Kier alpha value is -2.79. The fourth-order valence-corrected chi connectivity index (χ4v) is 3.21. The van der Waals surface area contributed by atoms with Gasteiger partial charge in [-0.25, -0.2) is 14.8 Å². The largest absolute Gasteiger partial charge is 0.339 e. The molecular weight excluding hydrogens is 348 g/mol. The van der Waals surface area contributed by atoms with Crippen LogP contribution < -0.4 is 10.6 Å². The summed E-state index contributed by atoms with van der Waals surface area (Å²) >= 11 is 1.42. The summed E-state index contributed by atoms with van der Waals surface area (Å²) in [5.74, 6) is 0.465. The van der Waals surface area contributed by atoms with Gasteiger partial charge in [-0.1, -0.05) is 17.8 Å². The number of rotatable bonds is 4. The smallest absolute Gasteiger partial charge is 0.321 e. The summed E-state index contributed by atoms with van der Waals surface area (Å²) in [4.78, 5) is 22.7. The predicted molar refractivity (Wildman–Crippen MR) is 103 cm³/mol. The van der Waals surface area contributed by atoms with Crippen molar-refractivity contribution in [3.63, 3.8) is 0 Å². The maximum atomic E-state index is 12.2. The number of carbonyl (C=O) groups excluding carboxylic acids is 1. The summed E-state index contributed by atoms with van der Waals surface area (Å²) < 4.78 is 0. The van der Waals surface area contributed by atoms with Crippen LogP contribution in [0.5, 0.6) is 0 Å². The molecule has 2 aromatic rings. The van der Waals surface area contributed by atoms with Crippen LogP contribution in [0.3, 0.4) is 0 Å². The number of hydrogen-bond donors (Lipinski definition) is 2. The molecule has 2 heterocycles. The Morgan fingerprint density at radius 3 is 2.69 bits per heavy atom. The number of carbonyl (C=O) groups is 1. The molecule has 0 radical (unpaired) electrons. The minimum absolute atomic E-state index is 0.0834. The lowest BCUT2D eigenvalue weighted by Crippen LogP contribution is -2.32. The Labute approximate surface area is 156 Å². The molecule has 0 aliphatic carbocycles. The number of hydrogen-bond acceptors (Lipinski definition) is 6. The molecule has 26 heavy (non-hydrogen) atoms. The number of amides is 2. The van der Waals surface area contributed by atoms with E-state index >= 15 is 0 Å². The summed E-state index contributed by atoms with van der Waals surface area (Å²) in [6.45, 7) is 3.39. The molecule has 2 amide bonds. The van der Waals surface area contributed by atoms with E-state index in [0.717, 1.165) is 31.6 Å². The standard InChI is InChI=1S/C18H20N6OS/c1-12-15(11-19)16(23-17(20-12)26-2)21-13-6-5-7-14(10-13)22-18(25)24-8-3-4-9-24/h5-7,10H,3-4,8-9H2,1-2H3,(H,22,25)(H,20,21,23). The molecule has 1 fully saturated rings. The number of nitrogens with zero attached hydrogens (tertiary/aromatic N) is 4. The maximum absolute atomic E-state index is 12.2. The third-order valence-electron chi connectivity index (χ3n) is 4.13. The van der Waals surface area contributed by atoms with Crippen molar-refractivity contribution in [3.8, 4) is 6.07 Å². The molecule has 1 saturated heterocycles. The van der Waals surface area contributed by atoms with E-state index in [4.69, 9.17) is 0 Å². The molecule has 0 unspecified atom stereocenters. The molecule has 0 bridgehead atoms. The number of likely N-dealkylation sites (tertiary alicyclic amines) is 1. The number of nitriles is 1. The van der Waals surface area contributed by atoms with E-state index in [9.17, 15) is 10.1 Å². The molecule has 3 rings (SSSR count). The fourth-order valence-electron chi connectivity index (χ4n) is 2.80. The SMILES string of the molecule is CSc1nc(C)c(C#N)c(Nc2cccc(NC(=O)N3CCCC3)c2)n1. The molecule has 1 aliphatic heterocycles. The molecular formula is C18H20N6OS. The van der Waals surface area contributed by atoms with E-state index in [0.29, 0.717) is 27.9 Å². The predicted octanol–water partition coefficient (Wildman–Crippen LogP) is 3.75. The Kier molecular flexibility index (Phi) is 5.58. The van der Waals surface area contributed by atoms with Crippen LogP contribution in [-0.2, 0) is 0 Å². The van der Waals surface area contributed by atoms with Crippen molar-refractivity contribution >= 4 is 35.0 Å². The Morgan fingerprint density at radius 1 is 1.27 bits per heavy atom. The lowest BCUT2D eigenvalue weighted by molar-refractivity contribution is 0.222. The van der Waals surface area contributed by atoms with E-state index in [-0.39, 0.29) is 6.03 Å². The molecule has 2 N–H and O–H groups in total. The van der Waals surface area contributed by atoms with E-state index in [1.165, 1.54) is 11.8 Å². The minimum atomic E-state index is -0.0834. The van der Waals surface area contributed by atoms with Gasteiger partial charge >= 0.3 is 6.03 Å². The van der Waals surface area contributed by atoms with Gasteiger partial charge in [-0.05, 0) is 44.2 Å². The first-order valence-electron chi connectivity index (χ1n) is 8.36. The summed E-state index contributed by atoms with van der Waals surface area (Å²) in [5, 5.41) is 16.1. The van der Waals surface area contributed by atoms with Crippen LogP contribution in [-0.4, -0.2) is 40.2 Å². The number of aryl methyl sites for hydroxylation is 1. The summed E-state index contributed by atoms with van der Waals surface area (Å²) in [6.07, 6.45) is 3.99. The van der Waals surface area contributed by atoms with Crippen LogP contribution in [0.25, 0.3) is 0 Å². The maximum Gasteiger partial charge on any atom is 0.321 e. The van der Waals surface area contributed by atoms with Gasteiger partial charge in [0.25, 0.3) is 0 Å². The third-order valence-corrected chi connectivity index (χ3v) is 4.68. The number of nitrogens with one attached hydrogen (secondary N) is 2. The number of anilines is 3. The first-order valence-corrected chi connectivity index (χ1v) is 9.59. The van der Waals surface area contributed by atoms with Crippen LogP contribution >= 0.6 is 11.8 Å². The van der Waals surface area contributed by atoms with Crippen LogP contribution in [0, 0.1) is 18.3 Å². The van der Waals surface area contributed by atoms with Gasteiger partial charge in [0, 0.05) is 24.5 Å². The lowest BCUT2D eigenvalue weighted by atomic mass is 10.2. The topological polar surface area (TPSA) is 93.9 Å². The minimum Gasteiger partial charge on any atom is -0.339 e. The molecule has 134 valence electrons. The highest BCUT2D eigenvalue weighted by molar-refractivity contribution is 7.98. The number of urea groups is 1. The van der Waals surface area contributed by atoms with Gasteiger partial charge < -0.3 is 15.5 Å². The van der Waals surface area contributed by atoms with Crippen LogP contribution in [0.2, 0.25) is 0 Å². The van der Waals surface area contributed by atoms with Gasteiger partial charge in [-0.15, -0.1) is 0 Å². The van der Waals surface area contributed by atoms with Gasteiger partial charge in [-0.3, -0.25) is 0 Å². The van der Waals surface area contributed by atoms with E-state index in [1.54, 1.807) is 6.92 Å². The molecule has 1 aromatic carbocycles. The zero-order valence-electron chi connectivity index (χ0n) is 14.7. The first-order chi connectivity index (χ1) is 12.6. The normalized spacial score (nSPS) is 13.3. The van der Waals surface area contributed by atoms with Gasteiger partial charge in [0.1, 0.15) is 11.6 Å². The van der Waals surface area contributed by atoms with E-state index < -0.39 is 0 Å². The molecule has 0 saturated carbocycles. The first kappa shape index (κ1) is 18.0. The highest BCUT2D eigenvalue weighted by atomic mass is 32.2. The van der Waals surface area contributed by atoms with Crippen LogP contribution in [0.1, 0.15) is 24.1 Å². The molecule has 0 atom stereocenters. The average molecular weight is 368 g/mol. The highest BCUT2D eigenvalue weighted by Gasteiger charge is 2.18. The number of aromatic nitrogens is 2. The van der Waals surface area contributed by atoms with Crippen molar-refractivity contribution in [2.24, 2.45) is 0 Å². The third kappa shape index (κ3) is 4.06. The summed E-state index contributed by atoms with van der Waals surface area (Å²) in [5.41, 5.74) is 2.48. The van der Waals surface area contributed by atoms with Crippen molar-refractivity contribution in [2.75, 3.05) is 30.0 Å². The van der Waals surface area contributed by atoms with Crippen molar-refractivity contribution in [3.05, 3.63) is 35.5 Å². The molecule has 0 spiro atoms. The quantitative estimate of drug-likeness (QED) is 0.630. The van der Waals surface area contributed by atoms with E-state index in [2.05, 4.69) is 26.7 Å². The molecule has 1 aromatic heterocycles. The summed E-state index contributed by atoms with van der Waals surface area (Å²) in [6, 6.07) is 9.43. The summed E-state index contributed by atoms with van der Waals surface area (Å²) in [7, 11) is 0. The van der Waals surface area contributed by atoms with E-state index in [1.807, 2.05) is 35.4 Å². The number of thioether (sulfide) groups is 1. The van der Waals surface area contributed by atoms with Crippen molar-refractivity contribution in [1.29, 1.82) is 5.26 Å². The Morgan fingerprint density at radius 2 is 2.00 bits per heavy atom. The molecule has 8 heteroatoms. The second kappa shape index (κ2) is 8.06. The van der Waals surface area contributed by atoms with Crippen LogP contribution in [0.4, 0.5) is 22.0 Å². The molecule has 1 aliphatic rings. The fraction of sp³-hybridized carbons (Fsp3) is 0.333. The van der Waals surface area contributed by atoms with Gasteiger partial charge in [0.15, 0.2) is 11.0 Å². The Balaban J connectivity index is 1.80. The highest BCUT2D eigenvalue weighted by Crippen LogP contribution is 2.25. The average Bonchev–Trinajstić information content (AvgIpc) is 3.16. The Bertz CT molecular complexity index is 857. The van der Waals surface area contributed by atoms with Crippen LogP contribution in [0.15, 0.2) is 29.4 Å². The van der Waals surface area contributed by atoms with Crippen molar-refractivity contribution in [2.45, 2.75) is 24.9 Å². The monoisotopic (exact) mass is 368 g/mol. The van der Waals surface area contributed by atoms with Gasteiger partial charge in [-0.2, -0.15) is 5.26 Å². The second-order valence-corrected chi connectivity index (χ2v) is 6.73. The van der Waals surface area contributed by atoms with Gasteiger partial charge in [0.2, 0.25) is 0 Å². The number of benzene rings is 1.